The number of benzene rings is 1. The summed E-state index contributed by atoms with van der Waals surface area (Å²) < 4.78 is 0. The number of carboxylic acid groups (broad SMARTS) is 1. The lowest BCUT2D eigenvalue weighted by Crippen LogP contribution is -2.47. The summed E-state index contributed by atoms with van der Waals surface area (Å²) in [6, 6.07) is 4.33. The second-order valence-electron chi connectivity index (χ2n) is 5.49. The number of rotatable bonds is 3. The second-order valence-corrected chi connectivity index (χ2v) is 7.08. The number of hydrogen-bond donors (Lipinski definition) is 1. The van der Waals surface area contributed by atoms with E-state index in [0.717, 1.165) is 5.56 Å². The van der Waals surface area contributed by atoms with E-state index >= 15 is 0 Å². The number of carboxylic acids is 1. The smallest absolute Gasteiger partial charge is 0.327 e. The number of aryl methyl sites for hydroxylation is 1. The first-order chi connectivity index (χ1) is 9.82. The van der Waals surface area contributed by atoms with Gasteiger partial charge in [-0.05, 0) is 30.5 Å². The number of aliphatic carboxylic acids is 1. The molecular formula is C15H18ClNO3S. The standard InChI is InChI=1S/C15H18ClNO3S/c1-8(2)14-17(12(7-21-14)15(19)20)13(18)11-6-10(16)5-4-9(11)3/h4-6,8,12,14H,7H2,1-3H3,(H,19,20). The van der Waals surface area contributed by atoms with Crippen molar-refractivity contribution in [3.8, 4) is 0 Å². The van der Waals surface area contributed by atoms with Crippen molar-refractivity contribution in [2.24, 2.45) is 5.92 Å². The van der Waals surface area contributed by atoms with Crippen LogP contribution in [0.2, 0.25) is 5.02 Å². The van der Waals surface area contributed by atoms with Gasteiger partial charge in [0.05, 0.1) is 5.37 Å². The van der Waals surface area contributed by atoms with Gasteiger partial charge in [0, 0.05) is 16.3 Å². The molecule has 2 rings (SSSR count). The fourth-order valence-electron chi connectivity index (χ4n) is 2.45. The minimum absolute atomic E-state index is 0.128. The molecule has 1 N–H and O–H groups in total. The van der Waals surface area contributed by atoms with Crippen LogP contribution in [0.1, 0.15) is 29.8 Å². The zero-order valence-electron chi connectivity index (χ0n) is 12.2. The third-order valence-electron chi connectivity index (χ3n) is 3.55. The summed E-state index contributed by atoms with van der Waals surface area (Å²) in [6.45, 7) is 5.81. The Morgan fingerprint density at radius 2 is 2.10 bits per heavy atom. The minimum Gasteiger partial charge on any atom is -0.480 e. The topological polar surface area (TPSA) is 57.6 Å². The van der Waals surface area contributed by atoms with Gasteiger partial charge >= 0.3 is 5.97 Å². The van der Waals surface area contributed by atoms with E-state index in [1.807, 2.05) is 20.8 Å². The molecule has 0 saturated carbocycles. The van der Waals surface area contributed by atoms with E-state index in [-0.39, 0.29) is 17.2 Å². The molecule has 1 aliphatic heterocycles. The lowest BCUT2D eigenvalue weighted by Gasteiger charge is -2.30. The van der Waals surface area contributed by atoms with Crippen LogP contribution in [0.3, 0.4) is 0 Å². The van der Waals surface area contributed by atoms with Crippen molar-refractivity contribution in [2.45, 2.75) is 32.2 Å². The van der Waals surface area contributed by atoms with E-state index in [2.05, 4.69) is 0 Å². The zero-order chi connectivity index (χ0) is 15.7. The Bertz CT molecular complexity index is 576. The van der Waals surface area contributed by atoms with Crippen LogP contribution in [0.4, 0.5) is 0 Å². The van der Waals surface area contributed by atoms with E-state index in [1.54, 1.807) is 18.2 Å². The summed E-state index contributed by atoms with van der Waals surface area (Å²) in [4.78, 5) is 25.8. The molecule has 1 fully saturated rings. The molecular weight excluding hydrogens is 310 g/mol. The van der Waals surface area contributed by atoms with Crippen LogP contribution in [0.25, 0.3) is 0 Å². The number of thioether (sulfide) groups is 1. The highest BCUT2D eigenvalue weighted by molar-refractivity contribution is 8.00. The van der Waals surface area contributed by atoms with E-state index in [1.165, 1.54) is 16.7 Å². The van der Waals surface area contributed by atoms with Gasteiger partial charge in [0.15, 0.2) is 0 Å². The Kier molecular flexibility index (Phi) is 4.84. The van der Waals surface area contributed by atoms with Crippen LogP contribution in [0.15, 0.2) is 18.2 Å². The maximum absolute atomic E-state index is 12.8. The maximum Gasteiger partial charge on any atom is 0.327 e. The molecule has 1 aromatic carbocycles. The first kappa shape index (κ1) is 16.2. The molecule has 0 bridgehead atoms. The highest BCUT2D eigenvalue weighted by Gasteiger charge is 2.43. The molecule has 4 nitrogen and oxygen atoms in total. The molecule has 1 heterocycles. The highest BCUT2D eigenvalue weighted by atomic mass is 35.5. The van der Waals surface area contributed by atoms with Crippen molar-refractivity contribution in [1.29, 1.82) is 0 Å². The van der Waals surface area contributed by atoms with Crippen LogP contribution in [-0.4, -0.2) is 39.1 Å². The Hall–Kier alpha value is -1.20. The van der Waals surface area contributed by atoms with Gasteiger partial charge in [0.1, 0.15) is 6.04 Å². The van der Waals surface area contributed by atoms with Gasteiger partial charge < -0.3 is 10.0 Å². The van der Waals surface area contributed by atoms with Crippen LogP contribution in [-0.2, 0) is 4.79 Å². The van der Waals surface area contributed by atoms with Crippen LogP contribution < -0.4 is 0 Å². The van der Waals surface area contributed by atoms with Crippen molar-refractivity contribution < 1.29 is 14.7 Å². The molecule has 6 heteroatoms. The molecule has 1 aromatic rings. The van der Waals surface area contributed by atoms with Gasteiger partial charge in [-0.15, -0.1) is 11.8 Å². The van der Waals surface area contributed by atoms with Crippen molar-refractivity contribution in [3.05, 3.63) is 34.3 Å². The molecule has 1 amide bonds. The lowest BCUT2D eigenvalue weighted by molar-refractivity contribution is -0.141. The molecule has 1 saturated heterocycles. The summed E-state index contributed by atoms with van der Waals surface area (Å²) in [5, 5.41) is 9.72. The van der Waals surface area contributed by atoms with Gasteiger partial charge in [-0.1, -0.05) is 31.5 Å². The van der Waals surface area contributed by atoms with Gasteiger partial charge in [0.25, 0.3) is 5.91 Å². The lowest BCUT2D eigenvalue weighted by atomic mass is 10.1. The first-order valence-corrected chi connectivity index (χ1v) is 8.18. The SMILES string of the molecule is Cc1ccc(Cl)cc1C(=O)N1C(C(=O)O)CSC1C(C)C. The van der Waals surface area contributed by atoms with Gasteiger partial charge in [0.2, 0.25) is 0 Å². The Balaban J connectivity index is 2.41. The Morgan fingerprint density at radius 3 is 2.67 bits per heavy atom. The van der Waals surface area contributed by atoms with E-state index in [4.69, 9.17) is 11.6 Å². The third kappa shape index (κ3) is 3.19. The fourth-order valence-corrected chi connectivity index (χ4v) is 4.10. The monoisotopic (exact) mass is 327 g/mol. The highest BCUT2D eigenvalue weighted by Crippen LogP contribution is 2.35. The number of hydrogen-bond acceptors (Lipinski definition) is 3. The number of nitrogens with zero attached hydrogens (tertiary/aromatic N) is 1. The summed E-state index contributed by atoms with van der Waals surface area (Å²) in [5.41, 5.74) is 1.27. The largest absolute Gasteiger partial charge is 0.480 e. The molecule has 0 aliphatic carbocycles. The first-order valence-electron chi connectivity index (χ1n) is 6.76. The summed E-state index contributed by atoms with van der Waals surface area (Å²) in [7, 11) is 0. The predicted octanol–water partition coefficient (Wildman–Crippen LogP) is 3.27. The second kappa shape index (κ2) is 6.28. The summed E-state index contributed by atoms with van der Waals surface area (Å²) in [6.07, 6.45) is 0. The maximum atomic E-state index is 12.8. The molecule has 21 heavy (non-hydrogen) atoms. The molecule has 0 radical (unpaired) electrons. The van der Waals surface area contributed by atoms with E-state index in [0.29, 0.717) is 16.3 Å². The molecule has 114 valence electrons. The predicted molar refractivity (Wildman–Crippen MR) is 84.9 cm³/mol. The zero-order valence-corrected chi connectivity index (χ0v) is 13.7. The molecule has 0 aromatic heterocycles. The van der Waals surface area contributed by atoms with Crippen molar-refractivity contribution in [1.82, 2.24) is 4.90 Å². The van der Waals surface area contributed by atoms with Crippen LogP contribution in [0, 0.1) is 12.8 Å². The summed E-state index contributed by atoms with van der Waals surface area (Å²) in [5.74, 6) is -0.614. The quantitative estimate of drug-likeness (QED) is 0.925. The van der Waals surface area contributed by atoms with Crippen molar-refractivity contribution in [3.63, 3.8) is 0 Å². The number of amides is 1. The number of carbonyl (C=O) groups is 2. The van der Waals surface area contributed by atoms with Gasteiger partial charge in [-0.25, -0.2) is 4.79 Å². The van der Waals surface area contributed by atoms with Crippen molar-refractivity contribution >= 4 is 35.2 Å². The minimum atomic E-state index is -0.960. The molecule has 1 aliphatic rings. The van der Waals surface area contributed by atoms with Gasteiger partial charge in [-0.3, -0.25) is 4.79 Å². The van der Waals surface area contributed by atoms with Crippen LogP contribution >= 0.6 is 23.4 Å². The Labute approximate surface area is 133 Å². The van der Waals surface area contributed by atoms with Gasteiger partial charge in [-0.2, -0.15) is 0 Å². The molecule has 0 spiro atoms. The van der Waals surface area contributed by atoms with Crippen molar-refractivity contribution in [2.75, 3.05) is 5.75 Å². The number of halogens is 1. The normalized spacial score (nSPS) is 21.9. The van der Waals surface area contributed by atoms with E-state index < -0.39 is 12.0 Å². The molecule has 2 unspecified atom stereocenters. The van der Waals surface area contributed by atoms with Crippen LogP contribution in [0.5, 0.6) is 0 Å². The number of carbonyl (C=O) groups excluding carboxylic acids is 1. The van der Waals surface area contributed by atoms with E-state index in [9.17, 15) is 14.7 Å². The third-order valence-corrected chi connectivity index (χ3v) is 5.41. The molecule has 2 atom stereocenters. The average Bonchev–Trinajstić information content (AvgIpc) is 2.85. The Morgan fingerprint density at radius 1 is 1.43 bits per heavy atom. The fraction of sp³-hybridized carbons (Fsp3) is 0.467. The average molecular weight is 328 g/mol. The summed E-state index contributed by atoms with van der Waals surface area (Å²) >= 11 is 7.49.